The van der Waals surface area contributed by atoms with Crippen molar-refractivity contribution in [3.63, 3.8) is 0 Å². The van der Waals surface area contributed by atoms with Crippen molar-refractivity contribution < 1.29 is 13.4 Å². The van der Waals surface area contributed by atoms with Crippen LogP contribution >= 0.6 is 0 Å². The molecule has 1 aromatic heterocycles. The van der Waals surface area contributed by atoms with E-state index in [1.807, 2.05) is 38.1 Å². The van der Waals surface area contributed by atoms with Crippen LogP contribution in [-0.4, -0.2) is 21.0 Å². The molecule has 0 bridgehead atoms. The third-order valence-electron chi connectivity index (χ3n) is 2.58. The fourth-order valence-electron chi connectivity index (χ4n) is 1.57. The molecule has 3 nitrogen and oxygen atoms in total. The van der Waals surface area contributed by atoms with E-state index in [4.69, 9.17) is 4.42 Å². The maximum Gasteiger partial charge on any atom is 0.179 e. The molecule has 0 fully saturated rings. The molecule has 0 radical (unpaired) electrons. The Morgan fingerprint density at radius 1 is 1.35 bits per heavy atom. The highest BCUT2D eigenvalue weighted by Crippen LogP contribution is 2.21. The van der Waals surface area contributed by atoms with E-state index in [1.54, 1.807) is 0 Å². The number of ketones is 1. The summed E-state index contributed by atoms with van der Waals surface area (Å²) in [5, 5.41) is 0.787. The van der Waals surface area contributed by atoms with Gasteiger partial charge in [0.05, 0.1) is 11.3 Å². The maximum absolute atomic E-state index is 12.0. The predicted octanol–water partition coefficient (Wildman–Crippen LogP) is 2.77. The number of hydrogen-bond acceptors (Lipinski definition) is 3. The summed E-state index contributed by atoms with van der Waals surface area (Å²) >= 11 is 0. The normalized spacial score (nSPS) is 13.1. The van der Waals surface area contributed by atoms with E-state index in [0.717, 1.165) is 5.39 Å². The number of fused-ring (bicyclic) bond motifs is 1. The van der Waals surface area contributed by atoms with Gasteiger partial charge in [-0.1, -0.05) is 32.0 Å². The van der Waals surface area contributed by atoms with Crippen LogP contribution in [-0.2, 0) is 10.8 Å². The van der Waals surface area contributed by atoms with E-state index >= 15 is 0 Å². The maximum atomic E-state index is 12.0. The Kier molecular flexibility index (Phi) is 3.43. The van der Waals surface area contributed by atoms with Gasteiger partial charge in [0.2, 0.25) is 0 Å². The first kappa shape index (κ1) is 12.0. The van der Waals surface area contributed by atoms with Gasteiger partial charge in [0.1, 0.15) is 11.8 Å². The lowest BCUT2D eigenvalue weighted by molar-refractivity contribution is 0.102. The second-order valence-electron chi connectivity index (χ2n) is 4.14. The number of Topliss-reactive ketones (excluding diaryl/α,β-unsaturated/α-hetero) is 1. The summed E-state index contributed by atoms with van der Waals surface area (Å²) in [6.07, 6.45) is 1.45. The summed E-state index contributed by atoms with van der Waals surface area (Å²) in [6, 6.07) is 7.36. The summed E-state index contributed by atoms with van der Waals surface area (Å²) in [6.45, 7) is 3.69. The largest absolute Gasteiger partial charge is 0.464 e. The quantitative estimate of drug-likeness (QED) is 0.784. The summed E-state index contributed by atoms with van der Waals surface area (Å²) < 4.78 is 16.9. The number of rotatable bonds is 4. The van der Waals surface area contributed by atoms with Crippen molar-refractivity contribution in [2.75, 3.05) is 5.75 Å². The first-order chi connectivity index (χ1) is 8.09. The summed E-state index contributed by atoms with van der Waals surface area (Å²) in [5.41, 5.74) is 1.21. The molecule has 17 heavy (non-hydrogen) atoms. The average Bonchev–Trinajstić information content (AvgIpc) is 2.72. The molecule has 4 heteroatoms. The minimum atomic E-state index is -1.12. The fourth-order valence-corrected chi connectivity index (χ4v) is 2.31. The van der Waals surface area contributed by atoms with Gasteiger partial charge >= 0.3 is 0 Å². The molecule has 1 atom stereocenters. The van der Waals surface area contributed by atoms with E-state index in [1.165, 1.54) is 6.26 Å². The summed E-state index contributed by atoms with van der Waals surface area (Å²) in [7, 11) is -1.12. The average molecular weight is 250 g/mol. The Bertz CT molecular complexity index is 569. The standard InChI is InChI=1S/C13H14O3S/c1-9(2)17(15)8-12(14)11-7-16-13-6-4-3-5-10(11)13/h3-7,9H,8H2,1-2H3. The monoisotopic (exact) mass is 250 g/mol. The van der Waals surface area contributed by atoms with Gasteiger partial charge in [-0.3, -0.25) is 9.00 Å². The van der Waals surface area contributed by atoms with Crippen LogP contribution in [0.3, 0.4) is 0 Å². The van der Waals surface area contributed by atoms with Gasteiger partial charge in [0.25, 0.3) is 0 Å². The third kappa shape index (κ3) is 2.47. The minimum absolute atomic E-state index is 0.00267. The molecule has 0 saturated carbocycles. The van der Waals surface area contributed by atoms with Crippen molar-refractivity contribution in [2.24, 2.45) is 0 Å². The van der Waals surface area contributed by atoms with Crippen molar-refractivity contribution in [3.05, 3.63) is 36.1 Å². The van der Waals surface area contributed by atoms with Gasteiger partial charge in [-0.2, -0.15) is 0 Å². The molecule has 2 aromatic rings. The molecule has 0 aliphatic heterocycles. The van der Waals surface area contributed by atoms with E-state index in [2.05, 4.69) is 0 Å². The molecule has 0 amide bonds. The molecule has 0 spiro atoms. The van der Waals surface area contributed by atoms with Gasteiger partial charge in [-0.05, 0) is 6.07 Å². The molecule has 0 N–H and O–H groups in total. The molecule has 0 aliphatic carbocycles. The number of carbonyl (C=O) groups excluding carboxylic acids is 1. The molecule has 1 unspecified atom stereocenters. The zero-order valence-corrected chi connectivity index (χ0v) is 10.6. The highest BCUT2D eigenvalue weighted by molar-refractivity contribution is 7.86. The Morgan fingerprint density at radius 3 is 2.76 bits per heavy atom. The highest BCUT2D eigenvalue weighted by atomic mass is 32.2. The SMILES string of the molecule is CC(C)S(=O)CC(=O)c1coc2ccccc12. The van der Waals surface area contributed by atoms with Crippen molar-refractivity contribution in [1.29, 1.82) is 0 Å². The van der Waals surface area contributed by atoms with Crippen LogP contribution in [0.15, 0.2) is 34.9 Å². The molecular formula is C13H14O3S. The van der Waals surface area contributed by atoms with Crippen LogP contribution in [0, 0.1) is 0 Å². The number of benzene rings is 1. The number of furan rings is 1. The minimum Gasteiger partial charge on any atom is -0.464 e. The van der Waals surface area contributed by atoms with Crippen LogP contribution < -0.4 is 0 Å². The highest BCUT2D eigenvalue weighted by Gasteiger charge is 2.17. The third-order valence-corrected chi connectivity index (χ3v) is 4.18. The number of carbonyl (C=O) groups is 1. The molecule has 0 aliphatic rings. The van der Waals surface area contributed by atoms with Crippen LogP contribution in [0.4, 0.5) is 0 Å². The van der Waals surface area contributed by atoms with Crippen LogP contribution in [0.25, 0.3) is 11.0 Å². The molecule has 1 heterocycles. The van der Waals surface area contributed by atoms with Gasteiger partial charge in [0.15, 0.2) is 5.78 Å². The smallest absolute Gasteiger partial charge is 0.179 e. The Labute approximate surface area is 102 Å². The van der Waals surface area contributed by atoms with E-state index in [-0.39, 0.29) is 16.8 Å². The zero-order chi connectivity index (χ0) is 12.4. The van der Waals surface area contributed by atoms with Crippen LogP contribution in [0.1, 0.15) is 24.2 Å². The second-order valence-corrected chi connectivity index (χ2v) is 6.14. The summed E-state index contributed by atoms with van der Waals surface area (Å²) in [5.74, 6) is -0.0664. The van der Waals surface area contributed by atoms with Gasteiger partial charge in [-0.25, -0.2) is 0 Å². The fraction of sp³-hybridized carbons (Fsp3) is 0.308. The first-order valence-corrected chi connectivity index (χ1v) is 6.84. The van der Waals surface area contributed by atoms with Crippen molar-refractivity contribution in [1.82, 2.24) is 0 Å². The van der Waals surface area contributed by atoms with Gasteiger partial charge < -0.3 is 4.42 Å². The Morgan fingerprint density at radius 2 is 2.06 bits per heavy atom. The van der Waals surface area contributed by atoms with E-state index < -0.39 is 10.8 Å². The molecule has 90 valence electrons. The molecular weight excluding hydrogens is 236 g/mol. The van der Waals surface area contributed by atoms with Gasteiger partial charge in [-0.15, -0.1) is 0 Å². The zero-order valence-electron chi connectivity index (χ0n) is 9.80. The lowest BCUT2D eigenvalue weighted by Gasteiger charge is -2.03. The molecule has 0 saturated heterocycles. The number of para-hydroxylation sites is 1. The predicted molar refractivity (Wildman–Crippen MR) is 68.7 cm³/mol. The summed E-state index contributed by atoms with van der Waals surface area (Å²) in [4.78, 5) is 12.0. The lowest BCUT2D eigenvalue weighted by Crippen LogP contribution is -2.17. The lowest BCUT2D eigenvalue weighted by atomic mass is 10.1. The van der Waals surface area contributed by atoms with Crippen molar-refractivity contribution in [2.45, 2.75) is 19.1 Å². The van der Waals surface area contributed by atoms with Crippen LogP contribution in [0.2, 0.25) is 0 Å². The Balaban J connectivity index is 2.28. The Hall–Kier alpha value is -1.42. The first-order valence-electron chi connectivity index (χ1n) is 5.46. The topological polar surface area (TPSA) is 47.3 Å². The molecule has 1 aromatic carbocycles. The second kappa shape index (κ2) is 4.84. The van der Waals surface area contributed by atoms with Crippen molar-refractivity contribution >= 4 is 27.6 Å². The number of hydrogen-bond donors (Lipinski definition) is 0. The van der Waals surface area contributed by atoms with Crippen molar-refractivity contribution in [3.8, 4) is 0 Å². The molecule has 2 rings (SSSR count). The van der Waals surface area contributed by atoms with Crippen LogP contribution in [0.5, 0.6) is 0 Å². The van der Waals surface area contributed by atoms with E-state index in [9.17, 15) is 9.00 Å². The van der Waals surface area contributed by atoms with Gasteiger partial charge in [0, 0.05) is 21.4 Å². The van der Waals surface area contributed by atoms with E-state index in [0.29, 0.717) is 11.1 Å².